The van der Waals surface area contributed by atoms with Gasteiger partial charge in [-0.3, -0.25) is 4.79 Å². The monoisotopic (exact) mass is 436 g/mol. The third kappa shape index (κ3) is 4.14. The van der Waals surface area contributed by atoms with Gasteiger partial charge in [-0.2, -0.15) is 0 Å². The van der Waals surface area contributed by atoms with Gasteiger partial charge in [0.05, 0.1) is 17.6 Å². The van der Waals surface area contributed by atoms with Crippen molar-refractivity contribution in [3.8, 4) is 0 Å². The lowest BCUT2D eigenvalue weighted by molar-refractivity contribution is 0.0953. The molecule has 0 aliphatic heterocycles. The van der Waals surface area contributed by atoms with Gasteiger partial charge in [0.15, 0.2) is 0 Å². The number of aromatic nitrogens is 2. The number of ketones is 1. The molecule has 1 aromatic heterocycles. The number of hydrogen-bond acceptors (Lipinski definition) is 5. The number of halogens is 2. The van der Waals surface area contributed by atoms with E-state index in [1.54, 1.807) is 24.3 Å². The summed E-state index contributed by atoms with van der Waals surface area (Å²) in [5.74, 6) is -3.20. The van der Waals surface area contributed by atoms with Crippen molar-refractivity contribution in [3.63, 3.8) is 0 Å². The average molecular weight is 436 g/mol. The Labute approximate surface area is 181 Å². The minimum atomic E-state index is -1.20. The number of nitrogens with one attached hydrogen (secondary N) is 1. The quantitative estimate of drug-likeness (QED) is 0.206. The summed E-state index contributed by atoms with van der Waals surface area (Å²) in [4.78, 5) is 20.8. The number of carbonyl (C=O) groups excluding carboxylic acids is 1. The summed E-state index contributed by atoms with van der Waals surface area (Å²) in [7, 11) is 0. The average Bonchev–Trinajstić information content (AvgIpc) is 3.21. The van der Waals surface area contributed by atoms with E-state index in [0.29, 0.717) is 22.7 Å². The van der Waals surface area contributed by atoms with Gasteiger partial charge in [0.2, 0.25) is 5.78 Å². The molecule has 0 bridgehead atoms. The Morgan fingerprint density at radius 2 is 1.69 bits per heavy atom. The summed E-state index contributed by atoms with van der Waals surface area (Å²) in [5.41, 5.74) is 0.943. The van der Waals surface area contributed by atoms with Crippen molar-refractivity contribution in [2.45, 2.75) is 6.10 Å². The van der Waals surface area contributed by atoms with Crippen molar-refractivity contribution >= 4 is 28.1 Å². The molecule has 162 valence electrons. The number of allylic oxidation sites excluding steroid dienone is 1. The maximum Gasteiger partial charge on any atom is 0.200 e. The van der Waals surface area contributed by atoms with Gasteiger partial charge in [-0.25, -0.2) is 13.8 Å². The summed E-state index contributed by atoms with van der Waals surface area (Å²) >= 11 is 0. The minimum absolute atomic E-state index is 0.00600. The number of aliphatic hydroxyl groups excluding tert-OH is 3. The highest BCUT2D eigenvalue weighted by Crippen LogP contribution is 2.29. The number of aromatic amines is 1. The van der Waals surface area contributed by atoms with Gasteiger partial charge in [0, 0.05) is 17.2 Å². The van der Waals surface area contributed by atoms with Crippen LogP contribution in [0.25, 0.3) is 22.4 Å². The molecule has 8 heteroatoms. The van der Waals surface area contributed by atoms with Crippen molar-refractivity contribution in [2.75, 3.05) is 6.61 Å². The van der Waals surface area contributed by atoms with Crippen molar-refractivity contribution in [2.24, 2.45) is 0 Å². The molecule has 0 aliphatic rings. The number of carbonyl (C=O) groups is 1. The van der Waals surface area contributed by atoms with E-state index in [0.717, 1.165) is 12.1 Å². The predicted molar refractivity (Wildman–Crippen MR) is 115 cm³/mol. The second-order valence-electron chi connectivity index (χ2n) is 7.14. The number of hydrogen-bond donors (Lipinski definition) is 4. The normalized spacial score (nSPS) is 13.1. The van der Waals surface area contributed by atoms with Gasteiger partial charge in [-0.1, -0.05) is 30.3 Å². The molecule has 0 spiro atoms. The van der Waals surface area contributed by atoms with E-state index in [4.69, 9.17) is 0 Å². The fourth-order valence-corrected chi connectivity index (χ4v) is 3.37. The van der Waals surface area contributed by atoms with E-state index in [2.05, 4.69) is 9.97 Å². The predicted octanol–water partition coefficient (Wildman–Crippen LogP) is 4.18. The molecule has 0 saturated heterocycles. The number of Topliss-reactive ketones (excluding diaryl/α,β-unsaturated/α-hetero) is 1. The van der Waals surface area contributed by atoms with Gasteiger partial charge >= 0.3 is 0 Å². The topological polar surface area (TPSA) is 106 Å². The molecule has 0 aliphatic carbocycles. The first-order valence-electron chi connectivity index (χ1n) is 9.66. The Balaban J connectivity index is 1.92. The first kappa shape index (κ1) is 21.4. The lowest BCUT2D eigenvalue weighted by Gasteiger charge is -2.12. The van der Waals surface area contributed by atoms with Crippen LogP contribution in [0.4, 0.5) is 8.78 Å². The SMILES string of the molecule is O=C(/C(=C(/O)c1cc(F)cc(F)c1)c1nc2ccccc2[nH]1)c1cccc([C@@H](O)CO)c1. The molecule has 4 rings (SSSR count). The second-order valence-corrected chi connectivity index (χ2v) is 7.14. The molecule has 3 aromatic carbocycles. The molecule has 6 nitrogen and oxygen atoms in total. The highest BCUT2D eigenvalue weighted by atomic mass is 19.1. The lowest BCUT2D eigenvalue weighted by Crippen LogP contribution is -2.10. The molecular formula is C24H18F2N2O4. The van der Waals surface area contributed by atoms with Gasteiger partial charge < -0.3 is 20.3 Å². The molecule has 4 aromatic rings. The van der Waals surface area contributed by atoms with E-state index in [9.17, 15) is 28.9 Å². The van der Waals surface area contributed by atoms with Crippen molar-refractivity contribution in [1.82, 2.24) is 9.97 Å². The Hall–Kier alpha value is -3.88. The third-order valence-corrected chi connectivity index (χ3v) is 4.93. The standard InChI is InChI=1S/C24H18F2N2O4/c25-16-9-15(10-17(26)11-16)23(32)21(24-27-18-6-1-2-7-19(18)28-24)22(31)14-5-3-4-13(8-14)20(30)12-29/h1-11,20,29-30,32H,12H2,(H,27,28)/b23-21-/t20-/m0/s1. The minimum Gasteiger partial charge on any atom is -0.506 e. The number of imidazole rings is 1. The number of para-hydroxylation sites is 2. The first-order valence-corrected chi connectivity index (χ1v) is 9.66. The highest BCUT2D eigenvalue weighted by molar-refractivity contribution is 6.33. The summed E-state index contributed by atoms with van der Waals surface area (Å²) in [6.07, 6.45) is -1.20. The van der Waals surface area contributed by atoms with Crippen LogP contribution in [-0.4, -0.2) is 37.7 Å². The zero-order chi connectivity index (χ0) is 22.8. The number of fused-ring (bicyclic) bond motifs is 1. The van der Waals surface area contributed by atoms with Crippen LogP contribution < -0.4 is 0 Å². The number of nitrogens with zero attached hydrogens (tertiary/aromatic N) is 1. The lowest BCUT2D eigenvalue weighted by atomic mass is 9.96. The Bertz CT molecular complexity index is 1290. The molecule has 4 N–H and O–H groups in total. The van der Waals surface area contributed by atoms with Crippen LogP contribution in [0.15, 0.2) is 66.7 Å². The van der Waals surface area contributed by atoms with E-state index >= 15 is 0 Å². The van der Waals surface area contributed by atoms with Gasteiger partial charge in [0.1, 0.15) is 34.9 Å². The molecule has 0 saturated carbocycles. The second kappa shape index (κ2) is 8.70. The third-order valence-electron chi connectivity index (χ3n) is 4.93. The molecule has 32 heavy (non-hydrogen) atoms. The van der Waals surface area contributed by atoms with Crippen LogP contribution in [0, 0.1) is 11.6 Å². The number of benzene rings is 3. The van der Waals surface area contributed by atoms with Crippen LogP contribution in [0.3, 0.4) is 0 Å². The summed E-state index contributed by atoms with van der Waals surface area (Å²) in [6.45, 7) is -0.544. The summed E-state index contributed by atoms with van der Waals surface area (Å²) in [6, 6.07) is 15.3. The number of aliphatic hydroxyl groups is 3. The van der Waals surface area contributed by atoms with E-state index < -0.39 is 35.9 Å². The molecule has 1 atom stereocenters. The van der Waals surface area contributed by atoms with Gasteiger partial charge in [0.25, 0.3) is 0 Å². The van der Waals surface area contributed by atoms with Gasteiger partial charge in [-0.15, -0.1) is 0 Å². The first-order chi connectivity index (χ1) is 15.4. The largest absolute Gasteiger partial charge is 0.506 e. The van der Waals surface area contributed by atoms with E-state index in [-0.39, 0.29) is 22.5 Å². The fourth-order valence-electron chi connectivity index (χ4n) is 3.37. The molecule has 0 radical (unpaired) electrons. The molecule has 0 amide bonds. The number of H-pyrrole nitrogens is 1. The van der Waals surface area contributed by atoms with Crippen molar-refractivity contribution in [1.29, 1.82) is 0 Å². The molecule has 1 heterocycles. The maximum atomic E-state index is 13.8. The fraction of sp³-hybridized carbons (Fsp3) is 0.0833. The van der Waals surface area contributed by atoms with Crippen LogP contribution >= 0.6 is 0 Å². The van der Waals surface area contributed by atoms with Crippen LogP contribution in [-0.2, 0) is 0 Å². The van der Waals surface area contributed by atoms with Crippen molar-refractivity contribution < 1.29 is 28.9 Å². The summed E-state index contributed by atoms with van der Waals surface area (Å²) < 4.78 is 27.6. The van der Waals surface area contributed by atoms with E-state index in [1.807, 2.05) is 0 Å². The van der Waals surface area contributed by atoms with Crippen LogP contribution in [0.1, 0.15) is 33.4 Å². The Morgan fingerprint density at radius 1 is 0.969 bits per heavy atom. The van der Waals surface area contributed by atoms with Gasteiger partial charge in [-0.05, 0) is 35.9 Å². The zero-order valence-corrected chi connectivity index (χ0v) is 16.6. The van der Waals surface area contributed by atoms with E-state index in [1.165, 1.54) is 24.3 Å². The van der Waals surface area contributed by atoms with Crippen molar-refractivity contribution in [3.05, 3.63) is 101 Å². The summed E-state index contributed by atoms with van der Waals surface area (Å²) in [5, 5.41) is 30.1. The molecule has 0 unspecified atom stereocenters. The molecule has 0 fully saturated rings. The smallest absolute Gasteiger partial charge is 0.200 e. The van der Waals surface area contributed by atoms with Crippen LogP contribution in [0.2, 0.25) is 0 Å². The zero-order valence-electron chi connectivity index (χ0n) is 16.6. The highest BCUT2D eigenvalue weighted by Gasteiger charge is 2.25. The van der Waals surface area contributed by atoms with Crippen LogP contribution in [0.5, 0.6) is 0 Å². The maximum absolute atomic E-state index is 13.8. The Kier molecular flexibility index (Phi) is 5.81. The molecular weight excluding hydrogens is 418 g/mol. The Morgan fingerprint density at radius 3 is 2.38 bits per heavy atom. The number of rotatable bonds is 6.